The van der Waals surface area contributed by atoms with Crippen molar-refractivity contribution in [3.63, 3.8) is 0 Å². The van der Waals surface area contributed by atoms with Crippen LogP contribution in [-0.2, 0) is 0 Å². The summed E-state index contributed by atoms with van der Waals surface area (Å²) in [5.41, 5.74) is 5.49. The van der Waals surface area contributed by atoms with E-state index in [9.17, 15) is 0 Å². The van der Waals surface area contributed by atoms with Crippen LogP contribution in [0.1, 0.15) is 12.8 Å². The van der Waals surface area contributed by atoms with Crippen LogP contribution in [-0.4, -0.2) is 28.5 Å². The molecule has 0 saturated carbocycles. The number of thioether (sulfide) groups is 1. The van der Waals surface area contributed by atoms with Crippen LogP contribution in [0.2, 0.25) is 0 Å². The molecule has 0 amide bonds. The molecule has 0 aromatic carbocycles. The quantitative estimate of drug-likeness (QED) is 0.701. The zero-order valence-corrected chi connectivity index (χ0v) is 9.18. The molecule has 1 heterocycles. The Hall–Kier alpha value is -0.970. The van der Waals surface area contributed by atoms with Crippen LogP contribution in [0.25, 0.3) is 0 Å². The topological polar surface area (TPSA) is 63.8 Å². The van der Waals surface area contributed by atoms with E-state index in [-0.39, 0.29) is 0 Å². The van der Waals surface area contributed by atoms with E-state index in [1.165, 1.54) is 12.2 Å². The maximum absolute atomic E-state index is 5.49. The van der Waals surface area contributed by atoms with E-state index in [1.54, 1.807) is 12.4 Å². The monoisotopic (exact) mass is 212 g/mol. The van der Waals surface area contributed by atoms with Crippen molar-refractivity contribution in [1.82, 2.24) is 9.97 Å². The van der Waals surface area contributed by atoms with Gasteiger partial charge in [0.05, 0.1) is 12.4 Å². The van der Waals surface area contributed by atoms with Gasteiger partial charge in [0.2, 0.25) is 0 Å². The molecule has 3 N–H and O–H groups in total. The average Bonchev–Trinajstić information content (AvgIpc) is 2.18. The second-order valence-electron chi connectivity index (χ2n) is 2.96. The van der Waals surface area contributed by atoms with Gasteiger partial charge < -0.3 is 11.1 Å². The number of nitrogens with one attached hydrogen (secondary N) is 1. The number of aromatic nitrogens is 2. The molecule has 0 saturated heterocycles. The summed E-state index contributed by atoms with van der Waals surface area (Å²) in [5.74, 6) is 2.43. The van der Waals surface area contributed by atoms with Crippen LogP contribution < -0.4 is 11.1 Å². The third kappa shape index (κ3) is 4.32. The number of unbranched alkanes of at least 4 members (excludes halogenated alkanes) is 1. The lowest BCUT2D eigenvalue weighted by Gasteiger charge is -2.04. The van der Waals surface area contributed by atoms with E-state index in [4.69, 9.17) is 5.73 Å². The Morgan fingerprint density at radius 1 is 1.43 bits per heavy atom. The molecule has 1 rings (SSSR count). The number of nitrogen functional groups attached to an aromatic ring is 1. The zero-order valence-electron chi connectivity index (χ0n) is 8.36. The zero-order chi connectivity index (χ0) is 10.2. The first-order valence-corrected chi connectivity index (χ1v) is 6.02. The molecule has 0 fully saturated rings. The molecule has 78 valence electrons. The van der Waals surface area contributed by atoms with Crippen molar-refractivity contribution in [3.05, 3.63) is 12.4 Å². The number of hydrogen-bond donors (Lipinski definition) is 2. The van der Waals surface area contributed by atoms with Crippen molar-refractivity contribution >= 4 is 23.4 Å². The van der Waals surface area contributed by atoms with Crippen LogP contribution in [0, 0.1) is 0 Å². The first kappa shape index (κ1) is 11.1. The molecule has 0 spiro atoms. The predicted octanol–water partition coefficient (Wildman–Crippen LogP) is 1.61. The summed E-state index contributed by atoms with van der Waals surface area (Å²) in [5, 5.41) is 3.18. The van der Waals surface area contributed by atoms with Crippen molar-refractivity contribution in [2.45, 2.75) is 12.8 Å². The molecule has 0 unspecified atom stereocenters. The van der Waals surface area contributed by atoms with Gasteiger partial charge in [0, 0.05) is 6.54 Å². The Balaban J connectivity index is 2.18. The first-order chi connectivity index (χ1) is 6.83. The van der Waals surface area contributed by atoms with E-state index in [2.05, 4.69) is 21.5 Å². The van der Waals surface area contributed by atoms with Crippen molar-refractivity contribution in [1.29, 1.82) is 0 Å². The van der Waals surface area contributed by atoms with Gasteiger partial charge in [-0.2, -0.15) is 11.8 Å². The molecule has 14 heavy (non-hydrogen) atoms. The van der Waals surface area contributed by atoms with E-state index in [1.807, 2.05) is 11.8 Å². The van der Waals surface area contributed by atoms with E-state index < -0.39 is 0 Å². The third-order valence-electron chi connectivity index (χ3n) is 1.73. The van der Waals surface area contributed by atoms with Gasteiger partial charge in [-0.15, -0.1) is 0 Å². The van der Waals surface area contributed by atoms with Crippen molar-refractivity contribution in [2.24, 2.45) is 0 Å². The van der Waals surface area contributed by atoms with Gasteiger partial charge in [-0.1, -0.05) is 0 Å². The van der Waals surface area contributed by atoms with Crippen LogP contribution in [0.4, 0.5) is 11.6 Å². The lowest BCUT2D eigenvalue weighted by Crippen LogP contribution is -2.05. The van der Waals surface area contributed by atoms with Gasteiger partial charge in [0.15, 0.2) is 0 Å². The highest BCUT2D eigenvalue weighted by molar-refractivity contribution is 7.98. The van der Waals surface area contributed by atoms with Gasteiger partial charge in [-0.25, -0.2) is 4.98 Å². The Morgan fingerprint density at radius 2 is 2.29 bits per heavy atom. The van der Waals surface area contributed by atoms with Crippen LogP contribution in [0.3, 0.4) is 0 Å². The van der Waals surface area contributed by atoms with Gasteiger partial charge in [0.1, 0.15) is 11.6 Å². The number of rotatable bonds is 6. The fourth-order valence-electron chi connectivity index (χ4n) is 1.05. The largest absolute Gasteiger partial charge is 0.382 e. The molecule has 1 aromatic heterocycles. The molecule has 0 aliphatic heterocycles. The minimum Gasteiger partial charge on any atom is -0.382 e. The lowest BCUT2D eigenvalue weighted by molar-refractivity contribution is 0.839. The summed E-state index contributed by atoms with van der Waals surface area (Å²) >= 11 is 1.87. The Bertz CT molecular complexity index is 267. The molecule has 0 radical (unpaired) electrons. The summed E-state index contributed by atoms with van der Waals surface area (Å²) in [6.07, 6.45) is 7.72. The Morgan fingerprint density at radius 3 is 3.00 bits per heavy atom. The van der Waals surface area contributed by atoms with E-state index in [0.29, 0.717) is 5.82 Å². The highest BCUT2D eigenvalue weighted by atomic mass is 32.2. The van der Waals surface area contributed by atoms with Crippen LogP contribution in [0.15, 0.2) is 12.4 Å². The van der Waals surface area contributed by atoms with Crippen LogP contribution in [0.5, 0.6) is 0 Å². The molecule has 1 aromatic rings. The minimum absolute atomic E-state index is 0.458. The number of hydrogen-bond acceptors (Lipinski definition) is 5. The summed E-state index contributed by atoms with van der Waals surface area (Å²) in [7, 11) is 0. The van der Waals surface area contributed by atoms with Crippen LogP contribution >= 0.6 is 11.8 Å². The third-order valence-corrected chi connectivity index (χ3v) is 2.43. The smallest absolute Gasteiger partial charge is 0.146 e. The number of nitrogens with two attached hydrogens (primary N) is 1. The lowest BCUT2D eigenvalue weighted by atomic mass is 10.3. The highest BCUT2D eigenvalue weighted by Crippen LogP contribution is 2.04. The van der Waals surface area contributed by atoms with Gasteiger partial charge >= 0.3 is 0 Å². The fourth-order valence-corrected chi connectivity index (χ4v) is 1.55. The fraction of sp³-hybridized carbons (Fsp3) is 0.556. The number of nitrogens with zero attached hydrogens (tertiary/aromatic N) is 2. The Kier molecular flexibility index (Phi) is 5.14. The van der Waals surface area contributed by atoms with Crippen molar-refractivity contribution in [2.75, 3.05) is 29.6 Å². The molecule has 0 bridgehead atoms. The SMILES string of the molecule is CSCCCCNc1cncc(N)n1. The van der Waals surface area contributed by atoms with Gasteiger partial charge in [-0.3, -0.25) is 4.98 Å². The molecule has 0 aliphatic carbocycles. The molecule has 4 nitrogen and oxygen atoms in total. The predicted molar refractivity (Wildman–Crippen MR) is 62.6 cm³/mol. The maximum Gasteiger partial charge on any atom is 0.146 e. The number of anilines is 2. The normalized spacial score (nSPS) is 10.1. The second kappa shape index (κ2) is 6.48. The molecule has 0 atom stereocenters. The summed E-state index contributed by atoms with van der Waals surface area (Å²) in [6, 6.07) is 0. The molecule has 5 heteroatoms. The van der Waals surface area contributed by atoms with Gasteiger partial charge in [-0.05, 0) is 24.9 Å². The summed E-state index contributed by atoms with van der Waals surface area (Å²) < 4.78 is 0. The summed E-state index contributed by atoms with van der Waals surface area (Å²) in [4.78, 5) is 8.04. The average molecular weight is 212 g/mol. The standard InChI is InChI=1S/C9H16N4S/c1-14-5-3-2-4-12-9-7-11-6-8(10)13-9/h6-7H,2-5H2,1H3,(H3,10,12,13). The first-order valence-electron chi connectivity index (χ1n) is 4.63. The second-order valence-corrected chi connectivity index (χ2v) is 3.94. The maximum atomic E-state index is 5.49. The Labute approximate surface area is 88.7 Å². The molecule has 0 aliphatic rings. The van der Waals surface area contributed by atoms with Crippen molar-refractivity contribution in [3.8, 4) is 0 Å². The minimum atomic E-state index is 0.458. The van der Waals surface area contributed by atoms with E-state index in [0.717, 1.165) is 18.8 Å². The summed E-state index contributed by atoms with van der Waals surface area (Å²) in [6.45, 7) is 0.929. The van der Waals surface area contributed by atoms with Crippen molar-refractivity contribution < 1.29 is 0 Å². The van der Waals surface area contributed by atoms with E-state index >= 15 is 0 Å². The molecular formula is C9H16N4S. The molecular weight excluding hydrogens is 196 g/mol. The van der Waals surface area contributed by atoms with Gasteiger partial charge in [0.25, 0.3) is 0 Å². The highest BCUT2D eigenvalue weighted by Gasteiger charge is 1.94.